The summed E-state index contributed by atoms with van der Waals surface area (Å²) in [6.07, 6.45) is 55.1. The second-order valence-electron chi connectivity index (χ2n) is 24.7. The highest BCUT2D eigenvalue weighted by Crippen LogP contribution is 2.22. The molecule has 0 aliphatic heterocycles. The Morgan fingerprint density at radius 3 is 0.823 bits per heavy atom. The number of ether oxygens (including phenoxy) is 2. The van der Waals surface area contributed by atoms with Gasteiger partial charge in [-0.1, -0.05) is 241 Å². The summed E-state index contributed by atoms with van der Waals surface area (Å²) in [5.74, 6) is 1.51. The molecule has 0 fully saturated rings. The maximum absolute atomic E-state index is 13.5. The van der Waals surface area contributed by atoms with Crippen LogP contribution in [-0.2, 0) is 28.7 Å². The first kappa shape index (κ1) is 76.8. The van der Waals surface area contributed by atoms with Crippen LogP contribution >= 0.6 is 0 Å². The number of nitrogens with zero attached hydrogens (tertiary/aromatic N) is 3. The molecule has 0 saturated heterocycles. The highest BCUT2D eigenvalue weighted by molar-refractivity contribution is 5.76. The Morgan fingerprint density at radius 1 is 0.278 bits per heavy atom. The van der Waals surface area contributed by atoms with Gasteiger partial charge in [-0.25, -0.2) is 0 Å². The Labute approximate surface area is 492 Å². The smallest absolute Gasteiger partial charge is 0.305 e. The van der Waals surface area contributed by atoms with Crippen molar-refractivity contribution >= 4 is 23.8 Å². The number of esters is 2. The van der Waals surface area contributed by atoms with Gasteiger partial charge in [0.1, 0.15) is 0 Å². The molecule has 79 heavy (non-hydrogen) atoms. The second kappa shape index (κ2) is 60.4. The molecule has 0 aromatic rings. The van der Waals surface area contributed by atoms with Gasteiger partial charge in [-0.2, -0.15) is 0 Å². The zero-order valence-corrected chi connectivity index (χ0v) is 54.3. The molecule has 468 valence electrons. The summed E-state index contributed by atoms with van der Waals surface area (Å²) >= 11 is 0. The average molecular weight is 1120 g/mol. The molecule has 2 atom stereocenters. The topological polar surface area (TPSA) is 96.5 Å². The molecule has 0 aliphatic rings. The van der Waals surface area contributed by atoms with Gasteiger partial charge < -0.3 is 24.2 Å². The van der Waals surface area contributed by atoms with Gasteiger partial charge in [-0.05, 0) is 122 Å². The molecule has 0 aromatic heterocycles. The first-order valence-corrected chi connectivity index (χ1v) is 35.2. The minimum atomic E-state index is -0.0438. The molecule has 2 amide bonds. The van der Waals surface area contributed by atoms with Crippen LogP contribution in [0.15, 0.2) is 0 Å². The highest BCUT2D eigenvalue weighted by atomic mass is 16.5. The molecule has 0 aliphatic carbocycles. The first-order chi connectivity index (χ1) is 38.6. The van der Waals surface area contributed by atoms with E-state index in [-0.39, 0.29) is 11.9 Å². The quantitative estimate of drug-likeness (QED) is 0.0442. The molecule has 0 heterocycles. The lowest BCUT2D eigenvalue weighted by atomic mass is 9.95. The fourth-order valence-corrected chi connectivity index (χ4v) is 11.3. The molecule has 0 saturated carbocycles. The Morgan fingerprint density at radius 2 is 0.506 bits per heavy atom. The Kier molecular flexibility index (Phi) is 58.8. The van der Waals surface area contributed by atoms with Crippen molar-refractivity contribution < 1.29 is 28.7 Å². The summed E-state index contributed by atoms with van der Waals surface area (Å²) < 4.78 is 11.7. The number of carbonyl (C=O) groups excluding carboxylic acids is 4. The van der Waals surface area contributed by atoms with Crippen molar-refractivity contribution in [3.63, 3.8) is 0 Å². The lowest BCUT2D eigenvalue weighted by Gasteiger charge is -2.23. The molecular formula is C70H137N3O6. The van der Waals surface area contributed by atoms with Gasteiger partial charge in [0.2, 0.25) is 11.8 Å². The van der Waals surface area contributed by atoms with E-state index in [4.69, 9.17) is 9.47 Å². The summed E-state index contributed by atoms with van der Waals surface area (Å²) in [5, 5.41) is 0. The van der Waals surface area contributed by atoms with E-state index in [0.717, 1.165) is 129 Å². The van der Waals surface area contributed by atoms with Crippen LogP contribution in [0.1, 0.15) is 356 Å². The number of amides is 2. The summed E-state index contributed by atoms with van der Waals surface area (Å²) in [6.45, 7) is 20.1. The van der Waals surface area contributed by atoms with Crippen LogP contribution < -0.4 is 0 Å². The van der Waals surface area contributed by atoms with Crippen molar-refractivity contribution in [2.75, 3.05) is 59.5 Å². The first-order valence-electron chi connectivity index (χ1n) is 35.2. The SMILES string of the molecule is CCCCCCCCC(CCCCCC)COC(=O)CCCCCN(CCCCCC)C(=O)CCCCCN(C)CCCCCC(=O)N(CCCCCCC)CCCCCC(=O)OCC(CCCCCC)CCCCCCCC. The predicted octanol–water partition coefficient (Wildman–Crippen LogP) is 20.1. The molecule has 0 aromatic carbocycles. The number of hydrogen-bond donors (Lipinski definition) is 0. The van der Waals surface area contributed by atoms with E-state index in [2.05, 4.69) is 63.3 Å². The Hall–Kier alpha value is -2.16. The lowest BCUT2D eigenvalue weighted by Crippen LogP contribution is -2.33. The number of hydrogen-bond acceptors (Lipinski definition) is 7. The van der Waals surface area contributed by atoms with E-state index in [1.165, 1.54) is 199 Å². The minimum Gasteiger partial charge on any atom is -0.465 e. The van der Waals surface area contributed by atoms with Crippen molar-refractivity contribution in [2.45, 2.75) is 356 Å². The lowest BCUT2D eigenvalue weighted by molar-refractivity contribution is -0.146. The van der Waals surface area contributed by atoms with Crippen LogP contribution in [0, 0.1) is 11.8 Å². The van der Waals surface area contributed by atoms with Crippen molar-refractivity contribution in [3.8, 4) is 0 Å². The zero-order valence-electron chi connectivity index (χ0n) is 54.3. The Bertz CT molecular complexity index is 1330. The predicted molar refractivity (Wildman–Crippen MR) is 340 cm³/mol. The van der Waals surface area contributed by atoms with Gasteiger partial charge in [-0.3, -0.25) is 19.2 Å². The summed E-state index contributed by atoms with van der Waals surface area (Å²) in [5.41, 5.74) is 0. The number of unbranched alkanes of at least 4 members (excludes halogenated alkanes) is 31. The maximum atomic E-state index is 13.5. The van der Waals surface area contributed by atoms with Crippen molar-refractivity contribution in [3.05, 3.63) is 0 Å². The molecule has 0 N–H and O–H groups in total. The number of carbonyl (C=O) groups is 4. The molecule has 0 radical (unpaired) electrons. The Balaban J connectivity index is 4.64. The molecule has 0 rings (SSSR count). The molecule has 9 heteroatoms. The summed E-state index contributed by atoms with van der Waals surface area (Å²) in [7, 11) is 2.21. The van der Waals surface area contributed by atoms with E-state index in [1.54, 1.807) is 0 Å². The molecule has 0 bridgehead atoms. The van der Waals surface area contributed by atoms with Crippen molar-refractivity contribution in [1.29, 1.82) is 0 Å². The van der Waals surface area contributed by atoms with E-state index < -0.39 is 0 Å². The van der Waals surface area contributed by atoms with Crippen LogP contribution in [0.5, 0.6) is 0 Å². The minimum absolute atomic E-state index is 0.0428. The van der Waals surface area contributed by atoms with E-state index in [9.17, 15) is 19.2 Å². The fourth-order valence-electron chi connectivity index (χ4n) is 11.3. The van der Waals surface area contributed by atoms with Gasteiger partial charge in [0, 0.05) is 51.9 Å². The van der Waals surface area contributed by atoms with Crippen molar-refractivity contribution in [1.82, 2.24) is 14.7 Å². The summed E-state index contributed by atoms with van der Waals surface area (Å²) in [6, 6.07) is 0. The standard InChI is InChI=1S/C70H137N3O6/c1-8-14-20-26-28-37-51-65(49-35-23-17-11-4)63-78-69(76)55-41-33-47-61-72(59-45-25-19-13-6)67(74)53-39-31-43-57-71(7)58-44-32-40-54-68(75)73(60-46-30-22-16-10-3)62-48-34-42-56-70(77)79-64-66(50-36-24-18-12-5)52-38-29-27-21-15-9-2/h65-66H,8-64H2,1-7H3. The third kappa shape index (κ3) is 52.4. The van der Waals surface area contributed by atoms with Crippen molar-refractivity contribution in [2.24, 2.45) is 11.8 Å². The second-order valence-corrected chi connectivity index (χ2v) is 24.7. The van der Waals surface area contributed by atoms with E-state index >= 15 is 0 Å². The van der Waals surface area contributed by atoms with Gasteiger partial charge >= 0.3 is 11.9 Å². The van der Waals surface area contributed by atoms with E-state index in [0.29, 0.717) is 62.5 Å². The zero-order chi connectivity index (χ0) is 57.9. The van der Waals surface area contributed by atoms with Gasteiger partial charge in [0.15, 0.2) is 0 Å². The van der Waals surface area contributed by atoms with Crippen LogP contribution in [0.3, 0.4) is 0 Å². The maximum Gasteiger partial charge on any atom is 0.305 e. The average Bonchev–Trinajstić information content (AvgIpc) is 3.44. The normalized spacial score (nSPS) is 12.3. The van der Waals surface area contributed by atoms with E-state index in [1.807, 2.05) is 0 Å². The number of rotatable bonds is 63. The molecule has 2 unspecified atom stereocenters. The van der Waals surface area contributed by atoms with Crippen LogP contribution in [0.2, 0.25) is 0 Å². The van der Waals surface area contributed by atoms with Gasteiger partial charge in [-0.15, -0.1) is 0 Å². The fraction of sp³-hybridized carbons (Fsp3) is 0.943. The van der Waals surface area contributed by atoms with Crippen LogP contribution in [-0.4, -0.2) is 98.0 Å². The highest BCUT2D eigenvalue weighted by Gasteiger charge is 2.17. The van der Waals surface area contributed by atoms with Crippen LogP contribution in [0.25, 0.3) is 0 Å². The molecular weight excluding hydrogens is 979 g/mol. The molecule has 9 nitrogen and oxygen atoms in total. The molecule has 0 spiro atoms. The third-order valence-electron chi connectivity index (χ3n) is 16.8. The van der Waals surface area contributed by atoms with Gasteiger partial charge in [0.05, 0.1) is 13.2 Å². The third-order valence-corrected chi connectivity index (χ3v) is 16.8. The monoisotopic (exact) mass is 1120 g/mol. The van der Waals surface area contributed by atoms with Crippen LogP contribution in [0.4, 0.5) is 0 Å². The summed E-state index contributed by atoms with van der Waals surface area (Å²) in [4.78, 5) is 59.2. The van der Waals surface area contributed by atoms with Gasteiger partial charge in [0.25, 0.3) is 0 Å². The largest absolute Gasteiger partial charge is 0.465 e.